The summed E-state index contributed by atoms with van der Waals surface area (Å²) < 4.78 is 44.3. The van der Waals surface area contributed by atoms with Crippen LogP contribution in [0, 0.1) is 11.6 Å². The summed E-state index contributed by atoms with van der Waals surface area (Å²) in [5.74, 6) is -1.28. The van der Waals surface area contributed by atoms with Crippen molar-refractivity contribution in [2.24, 2.45) is 0 Å². The van der Waals surface area contributed by atoms with E-state index in [1.54, 1.807) is 35.2 Å². The van der Waals surface area contributed by atoms with Gasteiger partial charge >= 0.3 is 12.1 Å². The molecular formula is C36H41ClF2N6O4. The lowest BCUT2D eigenvalue weighted by molar-refractivity contribution is -0.116. The van der Waals surface area contributed by atoms with Gasteiger partial charge in [0.1, 0.15) is 29.3 Å². The maximum Gasteiger partial charge on any atom is 0.410 e. The molecule has 2 aromatic carbocycles. The fraction of sp³-hybridized carbons (Fsp3) is 0.472. The lowest BCUT2D eigenvalue weighted by Gasteiger charge is -2.41. The monoisotopic (exact) mass is 694 g/mol. The van der Waals surface area contributed by atoms with Crippen molar-refractivity contribution in [1.82, 2.24) is 24.8 Å². The van der Waals surface area contributed by atoms with Gasteiger partial charge in [0.2, 0.25) is 0 Å². The number of hydrogen-bond acceptors (Lipinski definition) is 9. The van der Waals surface area contributed by atoms with Gasteiger partial charge in [0, 0.05) is 47.9 Å². The topological polar surface area (TPSA) is 101 Å². The molecule has 0 N–H and O–H groups in total. The second-order valence-corrected chi connectivity index (χ2v) is 14.4. The molecule has 2 saturated heterocycles. The van der Waals surface area contributed by atoms with Crippen LogP contribution in [-0.4, -0.2) is 94.1 Å². The number of carbonyl (C=O) groups excluding carboxylic acids is 2. The van der Waals surface area contributed by atoms with Crippen molar-refractivity contribution in [1.29, 1.82) is 0 Å². The number of hydrogen-bond donors (Lipinski definition) is 0. The number of halogens is 3. The predicted octanol–water partition coefficient (Wildman–Crippen LogP) is 6.83. The average molecular weight is 695 g/mol. The molecule has 0 saturated carbocycles. The summed E-state index contributed by atoms with van der Waals surface area (Å²) in [5.41, 5.74) is -0.731. The molecule has 2 atom stereocenters. The third-order valence-electron chi connectivity index (χ3n) is 9.04. The Morgan fingerprint density at radius 3 is 2.41 bits per heavy atom. The van der Waals surface area contributed by atoms with Gasteiger partial charge in [0.15, 0.2) is 11.6 Å². The molecular weight excluding hydrogens is 654 g/mol. The highest BCUT2D eigenvalue weighted by Crippen LogP contribution is 2.41. The number of aromatic nitrogens is 3. The molecule has 2 aliphatic rings. The second kappa shape index (κ2) is 13.6. The van der Waals surface area contributed by atoms with Gasteiger partial charge < -0.3 is 24.2 Å². The van der Waals surface area contributed by atoms with E-state index in [1.165, 1.54) is 6.92 Å². The first-order valence-corrected chi connectivity index (χ1v) is 16.9. The van der Waals surface area contributed by atoms with Gasteiger partial charge in [-0.05, 0) is 67.1 Å². The predicted molar refractivity (Wildman–Crippen MR) is 185 cm³/mol. The molecule has 13 heteroatoms. The molecule has 6 rings (SSSR count). The lowest BCUT2D eigenvalue weighted by Crippen LogP contribution is -2.55. The zero-order valence-electron chi connectivity index (χ0n) is 28.6. The van der Waals surface area contributed by atoms with E-state index in [9.17, 15) is 9.59 Å². The summed E-state index contributed by atoms with van der Waals surface area (Å²) >= 11 is 6.90. The minimum absolute atomic E-state index is 0.00550. The summed E-state index contributed by atoms with van der Waals surface area (Å²) in [7, 11) is 2.04. The van der Waals surface area contributed by atoms with Crippen molar-refractivity contribution in [3.05, 3.63) is 52.7 Å². The first kappa shape index (κ1) is 34.7. The molecule has 0 spiro atoms. The van der Waals surface area contributed by atoms with Crippen LogP contribution in [0.5, 0.6) is 6.01 Å². The van der Waals surface area contributed by atoms with E-state index in [2.05, 4.69) is 14.9 Å². The summed E-state index contributed by atoms with van der Waals surface area (Å²) in [6.07, 6.45) is 1.34. The molecule has 10 nitrogen and oxygen atoms in total. The number of ether oxygens (including phenoxy) is 2. The standard InChI is InChI=1S/C36H41ClF2N6O4/c1-20-18-44(35(47)49-36(3,4)5)14-15-45(20)33-25-17-26(37)28(30(39)32(25)41-34(42-33)48-19-22-10-9-13-43(22)6)31-24-12-8-7-11-23(24)29(38)27(40-31)16-21(2)46/h7-8,11-12,17,20,22H,9-10,13-16,18-19H2,1-6H3/t20-,22-/m0/s1. The van der Waals surface area contributed by atoms with E-state index in [4.69, 9.17) is 26.1 Å². The molecule has 260 valence electrons. The number of benzene rings is 2. The number of rotatable bonds is 7. The number of piperazine rings is 1. The Kier molecular flexibility index (Phi) is 9.65. The molecule has 0 radical (unpaired) electrons. The average Bonchev–Trinajstić information content (AvgIpc) is 3.45. The molecule has 0 unspecified atom stereocenters. The normalized spacial score (nSPS) is 18.8. The summed E-state index contributed by atoms with van der Waals surface area (Å²) in [4.78, 5) is 44.6. The van der Waals surface area contributed by atoms with Crippen LogP contribution >= 0.6 is 11.6 Å². The van der Waals surface area contributed by atoms with Crippen molar-refractivity contribution < 1.29 is 27.8 Å². The van der Waals surface area contributed by atoms with Crippen molar-refractivity contribution in [2.45, 2.75) is 71.6 Å². The number of Topliss-reactive ketones (excluding diaryl/α,β-unsaturated/α-hetero) is 1. The Labute approximate surface area is 289 Å². The van der Waals surface area contributed by atoms with Crippen LogP contribution in [0.3, 0.4) is 0 Å². The highest BCUT2D eigenvalue weighted by molar-refractivity contribution is 6.34. The van der Waals surface area contributed by atoms with Gasteiger partial charge in [-0.1, -0.05) is 35.9 Å². The van der Waals surface area contributed by atoms with E-state index in [0.29, 0.717) is 42.8 Å². The zero-order chi connectivity index (χ0) is 35.2. The van der Waals surface area contributed by atoms with Crippen LogP contribution in [-0.2, 0) is 16.0 Å². The SMILES string of the molecule is CC(=O)Cc1nc(-c2c(Cl)cc3c(N4CCN(C(=O)OC(C)(C)C)C[C@@H]4C)nc(OC[C@@H]4CCCN4C)nc3c2F)c2ccccc2c1F. The molecule has 0 bridgehead atoms. The van der Waals surface area contributed by atoms with E-state index in [-0.39, 0.29) is 63.2 Å². The second-order valence-electron chi connectivity index (χ2n) is 14.0. The van der Waals surface area contributed by atoms with Crippen molar-refractivity contribution >= 4 is 51.0 Å². The van der Waals surface area contributed by atoms with Gasteiger partial charge in [-0.3, -0.25) is 4.79 Å². The van der Waals surface area contributed by atoms with Crippen LogP contribution in [0.1, 0.15) is 53.2 Å². The van der Waals surface area contributed by atoms with Crippen molar-refractivity contribution in [3.8, 4) is 17.3 Å². The van der Waals surface area contributed by atoms with Gasteiger partial charge in [0.25, 0.3) is 0 Å². The Hall–Kier alpha value is -4.16. The lowest BCUT2D eigenvalue weighted by atomic mass is 9.99. The van der Waals surface area contributed by atoms with Gasteiger partial charge in [-0.2, -0.15) is 9.97 Å². The van der Waals surface area contributed by atoms with E-state index >= 15 is 8.78 Å². The van der Waals surface area contributed by atoms with Gasteiger partial charge in [-0.25, -0.2) is 18.6 Å². The molecule has 49 heavy (non-hydrogen) atoms. The molecule has 1 amide bonds. The Balaban J connectivity index is 1.48. The highest BCUT2D eigenvalue weighted by atomic mass is 35.5. The quantitative estimate of drug-likeness (QED) is 0.206. The van der Waals surface area contributed by atoms with Crippen LogP contribution in [0.2, 0.25) is 5.02 Å². The maximum absolute atomic E-state index is 17.1. The fourth-order valence-electron chi connectivity index (χ4n) is 6.61. The number of amides is 1. The van der Waals surface area contributed by atoms with E-state index < -0.39 is 23.3 Å². The van der Waals surface area contributed by atoms with Crippen LogP contribution < -0.4 is 9.64 Å². The third-order valence-corrected chi connectivity index (χ3v) is 9.34. The zero-order valence-corrected chi connectivity index (χ0v) is 29.4. The van der Waals surface area contributed by atoms with Gasteiger partial charge in [0.05, 0.1) is 28.4 Å². The highest BCUT2D eigenvalue weighted by Gasteiger charge is 2.33. The summed E-state index contributed by atoms with van der Waals surface area (Å²) in [6, 6.07) is 8.11. The molecule has 2 aliphatic heterocycles. The number of carbonyl (C=O) groups is 2. The number of anilines is 1. The van der Waals surface area contributed by atoms with Crippen LogP contribution in [0.15, 0.2) is 30.3 Å². The number of likely N-dealkylation sites (N-methyl/N-ethyl adjacent to an activating group) is 1. The minimum atomic E-state index is -0.771. The smallest absolute Gasteiger partial charge is 0.410 e. The molecule has 2 aromatic heterocycles. The molecule has 4 heterocycles. The largest absolute Gasteiger partial charge is 0.462 e. The van der Waals surface area contributed by atoms with Gasteiger partial charge in [-0.15, -0.1) is 0 Å². The summed E-state index contributed by atoms with van der Waals surface area (Å²) in [6.45, 7) is 11.1. The third kappa shape index (κ3) is 7.12. The number of ketones is 1. The van der Waals surface area contributed by atoms with E-state index in [0.717, 1.165) is 19.4 Å². The Morgan fingerprint density at radius 2 is 1.76 bits per heavy atom. The molecule has 2 fully saturated rings. The number of fused-ring (bicyclic) bond motifs is 2. The van der Waals surface area contributed by atoms with E-state index in [1.807, 2.05) is 39.6 Å². The fourth-order valence-corrected chi connectivity index (χ4v) is 6.89. The van der Waals surface area contributed by atoms with Crippen LogP contribution in [0.4, 0.5) is 19.4 Å². The number of nitrogens with zero attached hydrogens (tertiary/aromatic N) is 6. The van der Waals surface area contributed by atoms with Crippen molar-refractivity contribution in [3.63, 3.8) is 0 Å². The molecule has 4 aromatic rings. The summed E-state index contributed by atoms with van der Waals surface area (Å²) in [5, 5.41) is 0.914. The first-order chi connectivity index (χ1) is 23.2. The van der Waals surface area contributed by atoms with Crippen LogP contribution in [0.25, 0.3) is 32.9 Å². The number of pyridine rings is 1. The Morgan fingerprint density at radius 1 is 1.02 bits per heavy atom. The van der Waals surface area contributed by atoms with Crippen molar-refractivity contribution in [2.75, 3.05) is 44.7 Å². The first-order valence-electron chi connectivity index (χ1n) is 16.6. The Bertz CT molecular complexity index is 1940. The maximum atomic E-state index is 17.1. The minimum Gasteiger partial charge on any atom is -0.462 e. The number of likely N-dealkylation sites (tertiary alicyclic amines) is 1. The molecule has 0 aliphatic carbocycles.